The van der Waals surface area contributed by atoms with Crippen molar-refractivity contribution in [3.05, 3.63) is 28.3 Å². The van der Waals surface area contributed by atoms with Gasteiger partial charge in [0.2, 0.25) is 0 Å². The van der Waals surface area contributed by atoms with Gasteiger partial charge in [-0.2, -0.15) is 0 Å². The molecule has 2 aliphatic rings. The summed E-state index contributed by atoms with van der Waals surface area (Å²) < 4.78 is 5.05. The number of nitro benzene ring substituents is 1. The summed E-state index contributed by atoms with van der Waals surface area (Å²) in [6.07, 6.45) is 5.31. The molecule has 2 fully saturated rings. The molecule has 0 heterocycles. The predicted octanol–water partition coefficient (Wildman–Crippen LogP) is 3.45. The monoisotopic (exact) mass is 276 g/mol. The maximum Gasteiger partial charge on any atom is 0.296 e. The quantitative estimate of drug-likeness (QED) is 0.612. The normalized spacial score (nSPS) is 18.1. The van der Waals surface area contributed by atoms with Crippen LogP contribution >= 0.6 is 0 Å². The van der Waals surface area contributed by atoms with Gasteiger partial charge < -0.3 is 10.1 Å². The lowest BCUT2D eigenvalue weighted by Gasteiger charge is -2.17. The van der Waals surface area contributed by atoms with Crippen molar-refractivity contribution in [2.24, 2.45) is 17.8 Å². The first-order valence-electron chi connectivity index (χ1n) is 7.25. The summed E-state index contributed by atoms with van der Waals surface area (Å²) in [4.78, 5) is 10.8. The van der Waals surface area contributed by atoms with Gasteiger partial charge in [-0.1, -0.05) is 0 Å². The number of hydrogen-bond acceptors (Lipinski definition) is 4. The van der Waals surface area contributed by atoms with Gasteiger partial charge in [0.25, 0.3) is 5.69 Å². The zero-order chi connectivity index (χ0) is 14.1. The minimum Gasteiger partial charge on any atom is -0.496 e. The van der Waals surface area contributed by atoms with Crippen molar-refractivity contribution in [3.63, 3.8) is 0 Å². The number of anilines is 1. The minimum absolute atomic E-state index is 0.0923. The molecule has 0 atom stereocenters. The molecule has 0 saturated heterocycles. The number of methoxy groups -OCH3 is 1. The Morgan fingerprint density at radius 3 is 2.50 bits per heavy atom. The molecule has 1 aromatic carbocycles. The summed E-state index contributed by atoms with van der Waals surface area (Å²) in [5.41, 5.74) is 0.691. The Morgan fingerprint density at radius 1 is 1.35 bits per heavy atom. The van der Waals surface area contributed by atoms with Crippen molar-refractivity contribution in [3.8, 4) is 5.75 Å². The van der Waals surface area contributed by atoms with Crippen LogP contribution in [0.5, 0.6) is 5.75 Å². The third kappa shape index (κ3) is 2.86. The number of nitrogens with zero attached hydrogens (tertiary/aromatic N) is 1. The summed E-state index contributed by atoms with van der Waals surface area (Å²) in [7, 11) is 1.52. The van der Waals surface area contributed by atoms with E-state index < -0.39 is 0 Å². The van der Waals surface area contributed by atoms with E-state index in [1.54, 1.807) is 12.1 Å². The fourth-order valence-electron chi connectivity index (χ4n) is 2.93. The molecule has 0 aromatic heterocycles. The van der Waals surface area contributed by atoms with E-state index in [1.165, 1.54) is 38.9 Å². The molecular formula is C15H20N2O3. The molecule has 5 heteroatoms. The molecule has 3 rings (SSSR count). The van der Waals surface area contributed by atoms with Crippen molar-refractivity contribution < 1.29 is 9.66 Å². The second-order valence-electron chi connectivity index (χ2n) is 5.86. The highest BCUT2D eigenvalue weighted by molar-refractivity contribution is 5.63. The van der Waals surface area contributed by atoms with Crippen LogP contribution in [0.3, 0.4) is 0 Å². The zero-order valence-electron chi connectivity index (χ0n) is 11.7. The average Bonchev–Trinajstić information content (AvgIpc) is 3.32. The van der Waals surface area contributed by atoms with Gasteiger partial charge in [-0.15, -0.1) is 0 Å². The topological polar surface area (TPSA) is 64.4 Å². The van der Waals surface area contributed by atoms with Crippen LogP contribution in [0, 0.1) is 27.9 Å². The summed E-state index contributed by atoms with van der Waals surface area (Å²) >= 11 is 0. The minimum atomic E-state index is -0.353. The van der Waals surface area contributed by atoms with Gasteiger partial charge in [0.15, 0.2) is 0 Å². The first kappa shape index (κ1) is 13.2. The lowest BCUT2D eigenvalue weighted by molar-refractivity contribution is -0.384. The Balaban J connectivity index is 1.70. The van der Waals surface area contributed by atoms with Crippen LogP contribution in [0.4, 0.5) is 11.4 Å². The van der Waals surface area contributed by atoms with E-state index in [0.29, 0.717) is 17.4 Å². The molecule has 0 aliphatic heterocycles. The first-order valence-corrected chi connectivity index (χ1v) is 7.25. The van der Waals surface area contributed by atoms with Gasteiger partial charge in [-0.25, -0.2) is 0 Å². The predicted molar refractivity (Wildman–Crippen MR) is 77.1 cm³/mol. The molecule has 108 valence electrons. The lowest BCUT2D eigenvalue weighted by Crippen LogP contribution is -2.18. The maximum atomic E-state index is 11.1. The lowest BCUT2D eigenvalue weighted by atomic mass is 9.98. The molecule has 0 radical (unpaired) electrons. The molecule has 20 heavy (non-hydrogen) atoms. The summed E-state index contributed by atoms with van der Waals surface area (Å²) in [6, 6.07) is 4.98. The Hall–Kier alpha value is -1.78. The van der Waals surface area contributed by atoms with Crippen LogP contribution in [-0.2, 0) is 0 Å². The third-order valence-corrected chi connectivity index (χ3v) is 4.38. The van der Waals surface area contributed by atoms with Crippen LogP contribution in [0.2, 0.25) is 0 Å². The highest BCUT2D eigenvalue weighted by Crippen LogP contribution is 2.49. The number of nitro groups is 1. The van der Waals surface area contributed by atoms with E-state index in [0.717, 1.165) is 18.4 Å². The summed E-state index contributed by atoms with van der Waals surface area (Å²) in [5, 5.41) is 14.4. The molecule has 5 nitrogen and oxygen atoms in total. The number of ether oxygens (including phenoxy) is 1. The van der Waals surface area contributed by atoms with Crippen molar-refractivity contribution in [1.29, 1.82) is 0 Å². The van der Waals surface area contributed by atoms with Crippen LogP contribution in [0.15, 0.2) is 18.2 Å². The summed E-state index contributed by atoms with van der Waals surface area (Å²) in [5.74, 6) is 2.89. The molecule has 2 saturated carbocycles. The number of rotatable bonds is 7. The van der Waals surface area contributed by atoms with E-state index in [4.69, 9.17) is 4.74 Å². The molecule has 1 aromatic rings. The second kappa shape index (κ2) is 5.31. The van der Waals surface area contributed by atoms with Gasteiger partial charge >= 0.3 is 0 Å². The number of hydrogen-bond donors (Lipinski definition) is 1. The van der Waals surface area contributed by atoms with Gasteiger partial charge in [-0.05, 0) is 55.6 Å². The number of nitrogens with one attached hydrogen (secondary N) is 1. The summed E-state index contributed by atoms with van der Waals surface area (Å²) in [6.45, 7) is 0.850. The fourth-order valence-corrected chi connectivity index (χ4v) is 2.93. The standard InChI is InChI=1S/C15H20N2O3/c1-20-12-6-7-14(15(8-12)17(18)19)16-9-13(10-2-3-10)11-4-5-11/h6-8,10-11,13,16H,2-5,9H2,1H3. The molecular weight excluding hydrogens is 256 g/mol. The third-order valence-electron chi connectivity index (χ3n) is 4.38. The largest absolute Gasteiger partial charge is 0.496 e. The molecule has 0 spiro atoms. The van der Waals surface area contributed by atoms with Gasteiger partial charge in [0.1, 0.15) is 11.4 Å². The maximum absolute atomic E-state index is 11.1. The van der Waals surface area contributed by atoms with Gasteiger partial charge in [0, 0.05) is 6.54 Å². The van der Waals surface area contributed by atoms with Crippen LogP contribution in [-0.4, -0.2) is 18.6 Å². The van der Waals surface area contributed by atoms with E-state index in [-0.39, 0.29) is 10.6 Å². The highest BCUT2D eigenvalue weighted by atomic mass is 16.6. The number of benzene rings is 1. The van der Waals surface area contributed by atoms with Gasteiger partial charge in [0.05, 0.1) is 18.1 Å². The zero-order valence-corrected chi connectivity index (χ0v) is 11.7. The Labute approximate surface area is 118 Å². The molecule has 0 bridgehead atoms. The highest BCUT2D eigenvalue weighted by Gasteiger charge is 2.41. The van der Waals surface area contributed by atoms with E-state index in [2.05, 4.69) is 5.32 Å². The van der Waals surface area contributed by atoms with Crippen molar-refractivity contribution >= 4 is 11.4 Å². The van der Waals surface area contributed by atoms with Crippen molar-refractivity contribution in [1.82, 2.24) is 0 Å². The van der Waals surface area contributed by atoms with Gasteiger partial charge in [-0.3, -0.25) is 10.1 Å². The second-order valence-corrected chi connectivity index (χ2v) is 5.86. The molecule has 0 amide bonds. The molecule has 1 N–H and O–H groups in total. The SMILES string of the molecule is COc1ccc(NCC(C2CC2)C2CC2)c([N+](=O)[O-])c1. The van der Waals surface area contributed by atoms with Crippen LogP contribution in [0.1, 0.15) is 25.7 Å². The molecule has 2 aliphatic carbocycles. The first-order chi connectivity index (χ1) is 9.69. The Morgan fingerprint density at radius 2 is 2.00 bits per heavy atom. The Kier molecular flexibility index (Phi) is 3.51. The van der Waals surface area contributed by atoms with Crippen molar-refractivity contribution in [2.75, 3.05) is 19.0 Å². The Bertz CT molecular complexity index is 498. The van der Waals surface area contributed by atoms with Crippen molar-refractivity contribution in [2.45, 2.75) is 25.7 Å². The smallest absolute Gasteiger partial charge is 0.296 e. The average molecular weight is 276 g/mol. The van der Waals surface area contributed by atoms with Crippen LogP contribution in [0.25, 0.3) is 0 Å². The fraction of sp³-hybridized carbons (Fsp3) is 0.600. The van der Waals surface area contributed by atoms with E-state index >= 15 is 0 Å². The molecule has 0 unspecified atom stereocenters. The van der Waals surface area contributed by atoms with E-state index in [1.807, 2.05) is 0 Å². The van der Waals surface area contributed by atoms with Crippen LogP contribution < -0.4 is 10.1 Å². The van der Waals surface area contributed by atoms with E-state index in [9.17, 15) is 10.1 Å².